The van der Waals surface area contributed by atoms with Gasteiger partial charge in [-0.3, -0.25) is 4.79 Å². The molecule has 0 fully saturated rings. The van der Waals surface area contributed by atoms with E-state index in [4.69, 9.17) is 11.6 Å². The molecule has 1 aromatic heterocycles. The van der Waals surface area contributed by atoms with Gasteiger partial charge >= 0.3 is 18.2 Å². The summed E-state index contributed by atoms with van der Waals surface area (Å²) < 4.78 is 38.3. The normalized spacial score (nSPS) is 12.2. The molecule has 0 saturated heterocycles. The fraction of sp³-hybridized carbons (Fsp3) is 0.217. The van der Waals surface area contributed by atoms with Crippen LogP contribution < -0.4 is 16.0 Å². The van der Waals surface area contributed by atoms with Crippen LogP contribution in [0.5, 0.6) is 0 Å². The maximum atomic E-state index is 12.8. The third kappa shape index (κ3) is 6.73. The predicted octanol–water partition coefficient (Wildman–Crippen LogP) is 5.97. The molecule has 0 spiro atoms. The van der Waals surface area contributed by atoms with Gasteiger partial charge in [0, 0.05) is 11.9 Å². The summed E-state index contributed by atoms with van der Waals surface area (Å²) in [5, 5.41) is 16.5. The molecule has 190 valence electrons. The fourth-order valence-electron chi connectivity index (χ4n) is 3.02. The SMILES string of the molecule is CC(C)C(NC(=O)c1ncc(-c2ccc(NC(=O)Nc3ccc(C(F)(F)F)cc3Cl)cc2)s1)C(=O)O. The Hall–Kier alpha value is -3.64. The number of amides is 3. The summed E-state index contributed by atoms with van der Waals surface area (Å²) in [5.74, 6) is -2.04. The van der Waals surface area contributed by atoms with E-state index >= 15 is 0 Å². The van der Waals surface area contributed by atoms with Gasteiger partial charge in [0.15, 0.2) is 5.01 Å². The summed E-state index contributed by atoms with van der Waals surface area (Å²) in [5.41, 5.74) is 0.168. The zero-order valence-electron chi connectivity index (χ0n) is 18.8. The molecule has 1 unspecified atom stereocenters. The van der Waals surface area contributed by atoms with Gasteiger partial charge in [0.05, 0.1) is 21.2 Å². The molecule has 36 heavy (non-hydrogen) atoms. The number of rotatable bonds is 7. The van der Waals surface area contributed by atoms with Crippen molar-refractivity contribution in [1.82, 2.24) is 10.3 Å². The number of anilines is 2. The number of hydrogen-bond donors (Lipinski definition) is 4. The van der Waals surface area contributed by atoms with E-state index in [1.807, 2.05) is 0 Å². The molecule has 3 aromatic rings. The second-order valence-electron chi connectivity index (χ2n) is 7.91. The number of urea groups is 1. The maximum Gasteiger partial charge on any atom is 0.416 e. The fourth-order valence-corrected chi connectivity index (χ4v) is 4.08. The van der Waals surface area contributed by atoms with Gasteiger partial charge in [0.25, 0.3) is 5.91 Å². The lowest BCUT2D eigenvalue weighted by atomic mass is 10.1. The highest BCUT2D eigenvalue weighted by Crippen LogP contribution is 2.34. The molecule has 1 heterocycles. The van der Waals surface area contributed by atoms with E-state index in [0.29, 0.717) is 16.1 Å². The first-order valence-electron chi connectivity index (χ1n) is 10.4. The molecule has 0 bridgehead atoms. The number of carboxylic acid groups (broad SMARTS) is 1. The highest BCUT2D eigenvalue weighted by Gasteiger charge is 2.31. The topological polar surface area (TPSA) is 120 Å². The molecule has 1 atom stereocenters. The molecule has 13 heteroatoms. The first-order valence-corrected chi connectivity index (χ1v) is 11.6. The average Bonchev–Trinajstić information content (AvgIpc) is 3.28. The van der Waals surface area contributed by atoms with E-state index in [2.05, 4.69) is 20.9 Å². The number of nitrogens with zero attached hydrogens (tertiary/aromatic N) is 1. The third-order valence-electron chi connectivity index (χ3n) is 4.89. The summed E-state index contributed by atoms with van der Waals surface area (Å²) in [6, 6.07) is 7.35. The number of aliphatic carboxylic acids is 1. The monoisotopic (exact) mass is 540 g/mol. The molecule has 0 saturated carbocycles. The number of carbonyl (C=O) groups excluding carboxylic acids is 2. The largest absolute Gasteiger partial charge is 0.480 e. The van der Waals surface area contributed by atoms with Crippen molar-refractivity contribution in [2.45, 2.75) is 26.1 Å². The van der Waals surface area contributed by atoms with Crippen LogP contribution in [0.1, 0.15) is 29.2 Å². The number of aromatic nitrogens is 1. The van der Waals surface area contributed by atoms with Crippen molar-refractivity contribution in [2.24, 2.45) is 5.92 Å². The van der Waals surface area contributed by atoms with Crippen LogP contribution in [-0.4, -0.2) is 34.0 Å². The molecule has 2 aromatic carbocycles. The number of carbonyl (C=O) groups is 3. The lowest BCUT2D eigenvalue weighted by Gasteiger charge is -2.16. The number of hydrogen-bond acceptors (Lipinski definition) is 5. The summed E-state index contributed by atoms with van der Waals surface area (Å²) in [6.45, 7) is 3.36. The van der Waals surface area contributed by atoms with Crippen molar-refractivity contribution < 1.29 is 32.7 Å². The summed E-state index contributed by atoms with van der Waals surface area (Å²) in [6.07, 6.45) is -3.07. The molecule has 0 aliphatic heterocycles. The van der Waals surface area contributed by atoms with Gasteiger partial charge in [0.1, 0.15) is 6.04 Å². The van der Waals surface area contributed by atoms with Crippen molar-refractivity contribution in [1.29, 1.82) is 0 Å². The van der Waals surface area contributed by atoms with E-state index in [-0.39, 0.29) is 21.6 Å². The standard InChI is InChI=1S/C23H20ClF3N4O4S/c1-11(2)18(21(33)34)31-19(32)20-28-10-17(36-20)12-3-6-14(7-4-12)29-22(35)30-16-8-5-13(9-15(16)24)23(25,26)27/h3-11,18H,1-2H3,(H,31,32)(H,33,34)(H2,29,30,35). The minimum Gasteiger partial charge on any atom is -0.480 e. The molecular weight excluding hydrogens is 521 g/mol. The molecule has 4 N–H and O–H groups in total. The van der Waals surface area contributed by atoms with E-state index in [0.717, 1.165) is 29.5 Å². The Balaban J connectivity index is 1.63. The van der Waals surface area contributed by atoms with Crippen molar-refractivity contribution in [3.8, 4) is 10.4 Å². The number of thiazole rings is 1. The number of nitrogens with one attached hydrogen (secondary N) is 3. The summed E-state index contributed by atoms with van der Waals surface area (Å²) in [4.78, 5) is 40.6. The Bertz CT molecular complexity index is 1280. The first kappa shape index (κ1) is 27.0. The number of alkyl halides is 3. The van der Waals surface area contributed by atoms with Crippen LogP contribution >= 0.6 is 22.9 Å². The Morgan fingerprint density at radius 3 is 2.28 bits per heavy atom. The zero-order chi connectivity index (χ0) is 26.6. The van der Waals surface area contributed by atoms with Gasteiger partial charge in [-0.15, -0.1) is 11.3 Å². The smallest absolute Gasteiger partial charge is 0.416 e. The van der Waals surface area contributed by atoms with Crippen molar-refractivity contribution >= 4 is 52.2 Å². The van der Waals surface area contributed by atoms with E-state index < -0.39 is 35.7 Å². The molecule has 3 amide bonds. The lowest BCUT2D eigenvalue weighted by Crippen LogP contribution is -2.44. The Labute approximate surface area is 212 Å². The van der Waals surface area contributed by atoms with Crippen molar-refractivity contribution in [3.05, 3.63) is 64.3 Å². The van der Waals surface area contributed by atoms with Gasteiger partial charge < -0.3 is 21.1 Å². The third-order valence-corrected chi connectivity index (χ3v) is 6.25. The van der Waals surface area contributed by atoms with Crippen molar-refractivity contribution in [2.75, 3.05) is 10.6 Å². The second kappa shape index (κ2) is 11.0. The second-order valence-corrected chi connectivity index (χ2v) is 9.35. The number of carboxylic acids is 1. The molecular formula is C23H20ClF3N4O4S. The van der Waals surface area contributed by atoms with Crippen LogP contribution in [0.25, 0.3) is 10.4 Å². The van der Waals surface area contributed by atoms with Crippen molar-refractivity contribution in [3.63, 3.8) is 0 Å². The van der Waals surface area contributed by atoms with Crippen LogP contribution in [0.4, 0.5) is 29.3 Å². The molecule has 3 rings (SSSR count). The van der Waals surface area contributed by atoms with E-state index in [9.17, 15) is 32.7 Å². The van der Waals surface area contributed by atoms with E-state index in [1.165, 1.54) is 6.20 Å². The van der Waals surface area contributed by atoms with Crippen LogP contribution in [0.3, 0.4) is 0 Å². The molecule has 8 nitrogen and oxygen atoms in total. The van der Waals surface area contributed by atoms with E-state index in [1.54, 1.807) is 38.1 Å². The average molecular weight is 541 g/mol. The van der Waals surface area contributed by atoms with Crippen LogP contribution in [0, 0.1) is 5.92 Å². The zero-order valence-corrected chi connectivity index (χ0v) is 20.4. The Kier molecular flexibility index (Phi) is 8.21. The van der Waals surface area contributed by atoms with Crippen LogP contribution in [0.2, 0.25) is 5.02 Å². The van der Waals surface area contributed by atoms with Gasteiger partial charge in [-0.05, 0) is 41.8 Å². The molecule has 0 radical (unpaired) electrons. The number of benzene rings is 2. The van der Waals surface area contributed by atoms with Crippen LogP contribution in [0.15, 0.2) is 48.7 Å². The maximum absolute atomic E-state index is 12.8. The number of halogens is 4. The molecule has 0 aliphatic rings. The quantitative estimate of drug-likeness (QED) is 0.294. The minimum absolute atomic E-state index is 0.0110. The van der Waals surface area contributed by atoms with Gasteiger partial charge in [-0.2, -0.15) is 13.2 Å². The molecule has 0 aliphatic carbocycles. The lowest BCUT2D eigenvalue weighted by molar-refractivity contribution is -0.140. The first-order chi connectivity index (χ1) is 16.8. The summed E-state index contributed by atoms with van der Waals surface area (Å²) in [7, 11) is 0. The predicted molar refractivity (Wildman–Crippen MR) is 130 cm³/mol. The van der Waals surface area contributed by atoms with Crippen LogP contribution in [-0.2, 0) is 11.0 Å². The summed E-state index contributed by atoms with van der Waals surface area (Å²) >= 11 is 6.92. The highest BCUT2D eigenvalue weighted by molar-refractivity contribution is 7.17. The Morgan fingerprint density at radius 1 is 1.06 bits per heavy atom. The van der Waals surface area contributed by atoms with Gasteiger partial charge in [-0.1, -0.05) is 37.6 Å². The van der Waals surface area contributed by atoms with Gasteiger partial charge in [-0.25, -0.2) is 14.6 Å². The van der Waals surface area contributed by atoms with Gasteiger partial charge in [0.2, 0.25) is 0 Å². The Morgan fingerprint density at radius 2 is 1.72 bits per heavy atom. The minimum atomic E-state index is -4.55. The highest BCUT2D eigenvalue weighted by atomic mass is 35.5.